The minimum Gasteiger partial charge on any atom is -0.480 e. The van der Waals surface area contributed by atoms with Gasteiger partial charge in [0.15, 0.2) is 0 Å². The van der Waals surface area contributed by atoms with Gasteiger partial charge in [-0.1, -0.05) is 12.1 Å². The van der Waals surface area contributed by atoms with Crippen LogP contribution in [0.25, 0.3) is 0 Å². The maximum absolute atomic E-state index is 12.2. The van der Waals surface area contributed by atoms with Gasteiger partial charge in [-0.2, -0.15) is 4.63 Å². The van der Waals surface area contributed by atoms with Crippen LogP contribution in [0.15, 0.2) is 28.9 Å². The molecule has 10 nitrogen and oxygen atoms in total. The van der Waals surface area contributed by atoms with Crippen molar-refractivity contribution in [3.8, 4) is 0 Å². The second-order valence-electron chi connectivity index (χ2n) is 5.57. The fraction of sp³-hybridized carbons (Fsp3) is 0.357. The number of hydrogen-bond acceptors (Lipinski definition) is 6. The third-order valence-electron chi connectivity index (χ3n) is 4.16. The molecule has 2 aliphatic heterocycles. The van der Waals surface area contributed by atoms with Gasteiger partial charge in [-0.25, -0.2) is 14.7 Å². The lowest BCUT2D eigenvalue weighted by atomic mass is 10.1. The molecule has 2 amide bonds. The molecule has 0 radical (unpaired) electrons. The van der Waals surface area contributed by atoms with Gasteiger partial charge in [0.1, 0.15) is 11.1 Å². The largest absolute Gasteiger partial charge is 0.480 e. The van der Waals surface area contributed by atoms with Crippen molar-refractivity contribution in [3.05, 3.63) is 35.4 Å². The molecule has 4 rings (SSSR count). The number of aromatic nitrogens is 2. The van der Waals surface area contributed by atoms with Crippen molar-refractivity contribution in [1.82, 2.24) is 14.9 Å². The summed E-state index contributed by atoms with van der Waals surface area (Å²) in [5.41, 5.74) is 0.667. The van der Waals surface area contributed by atoms with E-state index in [0.717, 1.165) is 16.3 Å². The Bertz CT molecular complexity index is 783. The minimum absolute atomic E-state index is 0.325. The highest BCUT2D eigenvalue weighted by atomic mass is 17.0. The molecule has 2 aliphatic rings. The Labute approximate surface area is 135 Å². The highest BCUT2D eigenvalue weighted by Crippen LogP contribution is 2.22. The summed E-state index contributed by atoms with van der Waals surface area (Å²) in [4.78, 5) is 42.9. The topological polar surface area (TPSA) is 110 Å². The zero-order valence-corrected chi connectivity index (χ0v) is 12.5. The molecule has 1 saturated heterocycles. The Hall–Kier alpha value is -3.17. The van der Waals surface area contributed by atoms with Gasteiger partial charge in [0, 0.05) is 6.54 Å². The Morgan fingerprint density at radius 3 is 2.54 bits per heavy atom. The molecule has 1 aromatic heterocycles. The monoisotopic (exact) mass is 334 g/mol. The summed E-state index contributed by atoms with van der Waals surface area (Å²) in [6.07, 6.45) is 1.24. The van der Waals surface area contributed by atoms with Crippen LogP contribution in [0.4, 0.5) is 0 Å². The number of rotatable bonds is 5. The van der Waals surface area contributed by atoms with Crippen molar-refractivity contribution in [2.75, 3.05) is 18.3 Å². The predicted octanol–water partition coefficient (Wildman–Crippen LogP) is -0.250. The van der Waals surface area contributed by atoms with Crippen LogP contribution < -0.4 is 9.85 Å². The molecular weight excluding hydrogens is 320 g/mol. The first-order valence-electron chi connectivity index (χ1n) is 7.43. The number of aliphatic carboxylic acids is 1. The molecule has 0 aliphatic carbocycles. The number of hydrogen-bond donors (Lipinski definition) is 1. The molecule has 10 heteroatoms. The van der Waals surface area contributed by atoms with E-state index in [9.17, 15) is 14.4 Å². The van der Waals surface area contributed by atoms with Crippen LogP contribution >= 0.6 is 0 Å². The standard InChI is InChI=1S/C14H14N4O6/c19-12-9-4-1-2-5-10(9)13(20)15(12)8-23-18-17(24-18)16-7-3-6-11(16)14(21)22/h1-2,4-5,11H,3,6-8H2,(H,21,22). The third-order valence-corrected chi connectivity index (χ3v) is 4.16. The Kier molecular flexibility index (Phi) is 3.12. The number of carboxylic acid groups (broad SMARTS) is 1. The van der Waals surface area contributed by atoms with E-state index in [4.69, 9.17) is 14.6 Å². The molecule has 1 fully saturated rings. The smallest absolute Gasteiger partial charge is 0.328 e. The molecule has 1 unspecified atom stereocenters. The molecular formula is C14H14N4O6. The highest BCUT2D eigenvalue weighted by Gasteiger charge is 2.39. The van der Waals surface area contributed by atoms with Gasteiger partial charge < -0.3 is 9.94 Å². The quantitative estimate of drug-likeness (QED) is 0.751. The van der Waals surface area contributed by atoms with E-state index < -0.39 is 23.8 Å². The minimum atomic E-state index is -0.941. The van der Waals surface area contributed by atoms with Gasteiger partial charge in [0.25, 0.3) is 11.8 Å². The summed E-state index contributed by atoms with van der Waals surface area (Å²) in [7, 11) is 0. The molecule has 0 saturated carbocycles. The number of fused-ring (bicyclic) bond motifs is 1. The first-order valence-corrected chi connectivity index (χ1v) is 7.43. The molecule has 1 aromatic carbocycles. The first kappa shape index (κ1) is 14.4. The second kappa shape index (κ2) is 5.18. The Morgan fingerprint density at radius 1 is 1.25 bits per heavy atom. The molecule has 2 aromatic rings. The lowest BCUT2D eigenvalue weighted by Crippen LogP contribution is -2.43. The summed E-state index contributed by atoms with van der Waals surface area (Å²) in [6.45, 7) is 0.193. The van der Waals surface area contributed by atoms with Crippen molar-refractivity contribution < 1.29 is 29.0 Å². The zero-order chi connectivity index (χ0) is 16.8. The maximum atomic E-state index is 12.2. The van der Waals surface area contributed by atoms with Crippen molar-refractivity contribution in [1.29, 1.82) is 0 Å². The summed E-state index contributed by atoms with van der Waals surface area (Å²) in [5, 5.41) is 11.6. The van der Waals surface area contributed by atoms with Crippen LogP contribution in [0.1, 0.15) is 33.6 Å². The lowest BCUT2D eigenvalue weighted by Gasteiger charge is -2.15. The SMILES string of the molecule is O=C(O)C1CCCN1n1on1OCN1C(=O)c2ccccc2C1=O. The third kappa shape index (κ3) is 2.14. The molecule has 0 spiro atoms. The van der Waals surface area contributed by atoms with E-state index in [-0.39, 0.29) is 6.73 Å². The molecule has 24 heavy (non-hydrogen) atoms. The number of nitrogens with zero attached hydrogens (tertiary/aromatic N) is 4. The normalized spacial score (nSPS) is 20.1. The summed E-state index contributed by atoms with van der Waals surface area (Å²) in [5.74, 6) is -1.81. The van der Waals surface area contributed by atoms with Crippen LogP contribution in [0.5, 0.6) is 0 Å². The number of imide groups is 1. The summed E-state index contributed by atoms with van der Waals surface area (Å²) in [6, 6.07) is 5.85. The van der Waals surface area contributed by atoms with E-state index in [1.807, 2.05) is 0 Å². The highest BCUT2D eigenvalue weighted by molar-refractivity contribution is 6.21. The van der Waals surface area contributed by atoms with Crippen molar-refractivity contribution in [2.45, 2.75) is 18.9 Å². The Balaban J connectivity index is 1.41. The van der Waals surface area contributed by atoms with Crippen molar-refractivity contribution >= 4 is 17.8 Å². The molecule has 3 heterocycles. The molecule has 126 valence electrons. The summed E-state index contributed by atoms with van der Waals surface area (Å²) >= 11 is 0. The first-order chi connectivity index (χ1) is 11.6. The number of carboxylic acids is 1. The Morgan fingerprint density at radius 2 is 1.92 bits per heavy atom. The van der Waals surface area contributed by atoms with Gasteiger partial charge in [-0.3, -0.25) is 9.59 Å². The predicted molar refractivity (Wildman–Crippen MR) is 76.8 cm³/mol. The van der Waals surface area contributed by atoms with E-state index in [0.29, 0.717) is 24.1 Å². The van der Waals surface area contributed by atoms with Crippen molar-refractivity contribution in [3.63, 3.8) is 0 Å². The van der Waals surface area contributed by atoms with Gasteiger partial charge in [0.05, 0.1) is 16.1 Å². The van der Waals surface area contributed by atoms with E-state index >= 15 is 0 Å². The average molecular weight is 334 g/mol. The van der Waals surface area contributed by atoms with Crippen molar-refractivity contribution in [2.24, 2.45) is 0 Å². The fourth-order valence-corrected chi connectivity index (χ4v) is 2.93. The summed E-state index contributed by atoms with van der Waals surface area (Å²) < 4.78 is 5.05. The maximum Gasteiger partial charge on any atom is 0.328 e. The van der Waals surface area contributed by atoms with E-state index in [2.05, 4.69) is 0 Å². The van der Waals surface area contributed by atoms with Crippen LogP contribution in [-0.4, -0.2) is 57.1 Å². The molecule has 0 bridgehead atoms. The number of amides is 2. The number of carbonyl (C=O) groups is 3. The zero-order valence-electron chi connectivity index (χ0n) is 12.5. The van der Waals surface area contributed by atoms with Gasteiger partial charge in [-0.05, 0) is 25.0 Å². The van der Waals surface area contributed by atoms with E-state index in [1.165, 1.54) is 9.97 Å². The van der Waals surface area contributed by atoms with Crippen LogP contribution in [0, 0.1) is 0 Å². The molecule has 1 atom stereocenters. The molecule has 1 N–H and O–H groups in total. The fourth-order valence-electron chi connectivity index (χ4n) is 2.93. The van der Waals surface area contributed by atoms with Crippen LogP contribution in [-0.2, 0) is 4.79 Å². The number of benzene rings is 1. The van der Waals surface area contributed by atoms with E-state index in [1.54, 1.807) is 24.3 Å². The lowest BCUT2D eigenvalue weighted by molar-refractivity contribution is -0.138. The average Bonchev–Trinajstić information content (AvgIpc) is 3.09. The van der Waals surface area contributed by atoms with Gasteiger partial charge in [-0.15, -0.1) is 0 Å². The van der Waals surface area contributed by atoms with Gasteiger partial charge in [0.2, 0.25) is 6.73 Å². The van der Waals surface area contributed by atoms with Gasteiger partial charge >= 0.3 is 5.97 Å². The van der Waals surface area contributed by atoms with Crippen LogP contribution in [0.3, 0.4) is 0 Å². The van der Waals surface area contributed by atoms with Crippen LogP contribution in [0.2, 0.25) is 0 Å². The second-order valence-corrected chi connectivity index (χ2v) is 5.57. The number of carbonyl (C=O) groups excluding carboxylic acids is 2.